The van der Waals surface area contributed by atoms with E-state index < -0.39 is 5.41 Å². The molecule has 0 saturated carbocycles. The number of ether oxygens (including phenoxy) is 1. The van der Waals surface area contributed by atoms with Crippen molar-refractivity contribution in [2.45, 2.75) is 139 Å². The summed E-state index contributed by atoms with van der Waals surface area (Å²) >= 11 is 1.33. The van der Waals surface area contributed by atoms with E-state index in [0.29, 0.717) is 6.61 Å². The highest BCUT2D eigenvalue weighted by Gasteiger charge is 2.53. The number of hydrogen-bond donors (Lipinski definition) is 2. The van der Waals surface area contributed by atoms with Gasteiger partial charge in [0, 0.05) is 22.4 Å². The van der Waals surface area contributed by atoms with Crippen molar-refractivity contribution >= 4 is 25.4 Å². The third-order valence-corrected chi connectivity index (χ3v) is 14.0. The van der Waals surface area contributed by atoms with Crippen LogP contribution in [0.5, 0.6) is 0 Å². The molecule has 0 heterocycles. The van der Waals surface area contributed by atoms with E-state index in [2.05, 4.69) is 108 Å². The molecule has 1 spiro atoms. The summed E-state index contributed by atoms with van der Waals surface area (Å²) in [4.78, 5) is 1.01. The standard InChI is InChI=1S/C49H63BO4S/c1-7-10-12-14-24-47(5,9-3)35-16-20-39-40-21-17-36(48(6,25-15-13-11-8-2)34(4)53-28-26-51)31-44(40)49(43(39)30-35)45-32-37(50)18-22-41(45)42-23-19-38(33-46(42)49)55-54-29-27-52/h16-23,30-34,51-52H,7-15,24-29H2,1-6H3. The van der Waals surface area contributed by atoms with Gasteiger partial charge in [0.2, 0.25) is 0 Å². The normalized spacial score (nSPS) is 18.0. The molecular formula is C49H63BO4S. The van der Waals surface area contributed by atoms with Crippen LogP contribution < -0.4 is 5.46 Å². The molecule has 2 aliphatic rings. The van der Waals surface area contributed by atoms with Gasteiger partial charge < -0.3 is 19.1 Å². The summed E-state index contributed by atoms with van der Waals surface area (Å²) in [5, 5.41) is 19.3. The summed E-state index contributed by atoms with van der Waals surface area (Å²) in [5.74, 6) is 0. The van der Waals surface area contributed by atoms with Crippen LogP contribution in [-0.4, -0.2) is 50.6 Å². The number of aliphatic hydroxyl groups excluding tert-OH is 2. The van der Waals surface area contributed by atoms with Crippen molar-refractivity contribution in [1.29, 1.82) is 0 Å². The maximum absolute atomic E-state index is 9.77. The third kappa shape index (κ3) is 7.88. The molecular weight excluding hydrogens is 695 g/mol. The first-order valence-electron chi connectivity index (χ1n) is 21.1. The predicted octanol–water partition coefficient (Wildman–Crippen LogP) is 11.1. The number of unbranched alkanes of at least 4 members (excludes halogenated alkanes) is 6. The van der Waals surface area contributed by atoms with Gasteiger partial charge in [-0.25, -0.2) is 0 Å². The van der Waals surface area contributed by atoms with Crippen LogP contribution in [0, 0.1) is 0 Å². The first-order chi connectivity index (χ1) is 26.6. The molecule has 0 aliphatic heterocycles. The van der Waals surface area contributed by atoms with Crippen molar-refractivity contribution in [3.05, 3.63) is 106 Å². The lowest BCUT2D eigenvalue weighted by molar-refractivity contribution is -0.00734. The molecule has 6 heteroatoms. The lowest BCUT2D eigenvalue weighted by Gasteiger charge is -2.38. The van der Waals surface area contributed by atoms with E-state index in [1.807, 2.05) is 6.07 Å². The van der Waals surface area contributed by atoms with Crippen LogP contribution in [0.3, 0.4) is 0 Å². The van der Waals surface area contributed by atoms with Crippen molar-refractivity contribution in [3.8, 4) is 22.3 Å². The molecule has 4 aromatic carbocycles. The Morgan fingerprint density at radius 2 is 1.20 bits per heavy atom. The second-order valence-electron chi connectivity index (χ2n) is 16.6. The summed E-state index contributed by atoms with van der Waals surface area (Å²) in [6, 6.07) is 27.8. The zero-order chi connectivity index (χ0) is 39.2. The fourth-order valence-corrected chi connectivity index (χ4v) is 10.1. The largest absolute Gasteiger partial charge is 0.394 e. The number of rotatable bonds is 21. The smallest absolute Gasteiger partial charge is 0.113 e. The minimum atomic E-state index is -0.598. The maximum Gasteiger partial charge on any atom is 0.113 e. The first kappa shape index (κ1) is 41.8. The summed E-state index contributed by atoms with van der Waals surface area (Å²) < 4.78 is 12.2. The Labute approximate surface area is 337 Å². The highest BCUT2D eigenvalue weighted by Crippen LogP contribution is 2.64. The fourth-order valence-electron chi connectivity index (χ4n) is 9.54. The van der Waals surface area contributed by atoms with Crippen molar-refractivity contribution in [2.75, 3.05) is 26.4 Å². The topological polar surface area (TPSA) is 58.9 Å². The van der Waals surface area contributed by atoms with Crippen LogP contribution in [0.15, 0.2) is 77.7 Å². The molecule has 6 rings (SSSR count). The fraction of sp³-hybridized carbons (Fsp3) is 0.510. The second-order valence-corrected chi connectivity index (χ2v) is 17.5. The molecule has 2 aliphatic carbocycles. The lowest BCUT2D eigenvalue weighted by atomic mass is 9.66. The highest BCUT2D eigenvalue weighted by molar-refractivity contribution is 7.94. The van der Waals surface area contributed by atoms with Crippen LogP contribution in [0.2, 0.25) is 0 Å². The Kier molecular flexibility index (Phi) is 13.8. The molecule has 4 nitrogen and oxygen atoms in total. The molecule has 4 unspecified atom stereocenters. The van der Waals surface area contributed by atoms with E-state index in [9.17, 15) is 10.2 Å². The molecule has 4 aromatic rings. The van der Waals surface area contributed by atoms with E-state index in [1.54, 1.807) is 0 Å². The molecule has 2 radical (unpaired) electrons. The molecule has 0 fully saturated rings. The van der Waals surface area contributed by atoms with Gasteiger partial charge in [0.1, 0.15) is 7.85 Å². The van der Waals surface area contributed by atoms with Gasteiger partial charge >= 0.3 is 0 Å². The number of aliphatic hydroxyl groups is 2. The van der Waals surface area contributed by atoms with E-state index in [0.717, 1.165) is 36.0 Å². The zero-order valence-corrected chi connectivity index (χ0v) is 35.1. The minimum Gasteiger partial charge on any atom is -0.394 e. The van der Waals surface area contributed by atoms with Gasteiger partial charge in [-0.05, 0) is 99.4 Å². The van der Waals surface area contributed by atoms with Crippen LogP contribution in [0.1, 0.15) is 146 Å². The molecule has 0 aromatic heterocycles. The third-order valence-electron chi connectivity index (χ3n) is 13.2. The Hall–Kier alpha value is -2.87. The van der Waals surface area contributed by atoms with Crippen LogP contribution >= 0.6 is 12.0 Å². The van der Waals surface area contributed by atoms with Crippen molar-refractivity contribution in [1.82, 2.24) is 0 Å². The molecule has 292 valence electrons. The minimum absolute atomic E-state index is 0.00777. The van der Waals surface area contributed by atoms with Gasteiger partial charge in [0.15, 0.2) is 0 Å². The van der Waals surface area contributed by atoms with Gasteiger partial charge in [-0.2, -0.15) is 0 Å². The summed E-state index contributed by atoms with van der Waals surface area (Å²) in [5.41, 5.74) is 12.7. The van der Waals surface area contributed by atoms with Crippen molar-refractivity contribution in [2.24, 2.45) is 0 Å². The van der Waals surface area contributed by atoms with Crippen LogP contribution in [-0.2, 0) is 25.2 Å². The number of benzene rings is 4. The van der Waals surface area contributed by atoms with Crippen LogP contribution in [0.25, 0.3) is 22.3 Å². The van der Waals surface area contributed by atoms with Gasteiger partial charge in [-0.15, -0.1) is 0 Å². The summed E-state index contributed by atoms with van der Waals surface area (Å²) in [6.45, 7) is 14.5. The predicted molar refractivity (Wildman–Crippen MR) is 232 cm³/mol. The van der Waals surface area contributed by atoms with E-state index in [-0.39, 0.29) is 36.8 Å². The molecule has 4 atom stereocenters. The molecule has 0 bridgehead atoms. The monoisotopic (exact) mass is 758 g/mol. The molecule has 0 saturated heterocycles. The Morgan fingerprint density at radius 1 is 0.655 bits per heavy atom. The molecule has 55 heavy (non-hydrogen) atoms. The SMILES string of the molecule is [B]c1ccc2c(c1)C1(c3cc(SOCCO)ccc3-2)c2cc(C(C)(CC)CCCCCC)ccc2-c2ccc(C(C)(CCCCCC)C(C)OCCO)cc21. The summed E-state index contributed by atoms with van der Waals surface area (Å²) in [6.07, 6.45) is 12.9. The van der Waals surface area contributed by atoms with Gasteiger partial charge in [-0.3, -0.25) is 0 Å². The first-order valence-corrected chi connectivity index (χ1v) is 21.8. The average molecular weight is 759 g/mol. The molecule has 2 N–H and O–H groups in total. The Bertz CT molecular complexity index is 1930. The lowest BCUT2D eigenvalue weighted by Crippen LogP contribution is -2.38. The van der Waals surface area contributed by atoms with E-state index in [4.69, 9.17) is 16.8 Å². The quantitative estimate of drug-likeness (QED) is 0.0435. The van der Waals surface area contributed by atoms with Gasteiger partial charge in [0.25, 0.3) is 0 Å². The maximum atomic E-state index is 9.77. The number of fused-ring (bicyclic) bond motifs is 10. The van der Waals surface area contributed by atoms with E-state index >= 15 is 0 Å². The van der Waals surface area contributed by atoms with Crippen molar-refractivity contribution < 1.29 is 19.1 Å². The van der Waals surface area contributed by atoms with Crippen LogP contribution in [0.4, 0.5) is 0 Å². The number of hydrogen-bond acceptors (Lipinski definition) is 5. The highest BCUT2D eigenvalue weighted by atomic mass is 32.2. The molecule has 0 amide bonds. The summed E-state index contributed by atoms with van der Waals surface area (Å²) in [7, 11) is 6.75. The zero-order valence-electron chi connectivity index (χ0n) is 34.3. The van der Waals surface area contributed by atoms with Gasteiger partial charge in [0.05, 0.1) is 37.9 Å². The van der Waals surface area contributed by atoms with Crippen molar-refractivity contribution in [3.63, 3.8) is 0 Å². The average Bonchev–Trinajstić information content (AvgIpc) is 3.65. The second kappa shape index (κ2) is 18.2. The van der Waals surface area contributed by atoms with E-state index in [1.165, 1.54) is 113 Å². The van der Waals surface area contributed by atoms with Gasteiger partial charge in [-0.1, -0.05) is 152 Å². The Balaban J connectivity index is 1.62. The Morgan fingerprint density at radius 3 is 1.82 bits per heavy atom.